The normalized spacial score (nSPS) is 16.7. The second-order valence-corrected chi connectivity index (χ2v) is 7.89. The Labute approximate surface area is 162 Å². The number of hydrogen-bond acceptors (Lipinski definition) is 4. The van der Waals surface area contributed by atoms with Gasteiger partial charge in [-0.2, -0.15) is 0 Å². The quantitative estimate of drug-likeness (QED) is 0.746. The molecule has 1 aromatic rings. The van der Waals surface area contributed by atoms with Gasteiger partial charge in [0.2, 0.25) is 0 Å². The SMILES string of the molecule is CC(C)CC(CNC(=O)c1cc(Cl)ccc1OC(C)C)N1CCOCC1. The van der Waals surface area contributed by atoms with Crippen LogP contribution in [0.3, 0.4) is 0 Å². The van der Waals surface area contributed by atoms with Crippen molar-refractivity contribution < 1.29 is 14.3 Å². The van der Waals surface area contributed by atoms with Gasteiger partial charge in [0.15, 0.2) is 0 Å². The number of rotatable bonds is 8. The monoisotopic (exact) mass is 382 g/mol. The number of ether oxygens (including phenoxy) is 2. The fraction of sp³-hybridized carbons (Fsp3) is 0.650. The highest BCUT2D eigenvalue weighted by molar-refractivity contribution is 6.31. The Morgan fingerprint density at radius 2 is 1.96 bits per heavy atom. The molecule has 1 heterocycles. The fourth-order valence-corrected chi connectivity index (χ4v) is 3.36. The zero-order chi connectivity index (χ0) is 19.1. The molecule has 26 heavy (non-hydrogen) atoms. The molecule has 146 valence electrons. The van der Waals surface area contributed by atoms with Gasteiger partial charge in [-0.1, -0.05) is 25.4 Å². The molecule has 1 amide bonds. The highest BCUT2D eigenvalue weighted by atomic mass is 35.5. The second-order valence-electron chi connectivity index (χ2n) is 7.45. The minimum atomic E-state index is -0.148. The van der Waals surface area contributed by atoms with Crippen molar-refractivity contribution in [2.24, 2.45) is 5.92 Å². The van der Waals surface area contributed by atoms with Crippen molar-refractivity contribution in [2.45, 2.75) is 46.3 Å². The Morgan fingerprint density at radius 1 is 1.27 bits per heavy atom. The molecule has 0 radical (unpaired) electrons. The third-order valence-corrected chi connectivity index (χ3v) is 4.59. The van der Waals surface area contributed by atoms with Crippen LogP contribution in [0.15, 0.2) is 18.2 Å². The molecule has 0 bridgehead atoms. The highest BCUT2D eigenvalue weighted by Crippen LogP contribution is 2.24. The lowest BCUT2D eigenvalue weighted by atomic mass is 10.0. The fourth-order valence-electron chi connectivity index (χ4n) is 3.19. The van der Waals surface area contributed by atoms with Crippen molar-refractivity contribution in [3.8, 4) is 5.75 Å². The minimum absolute atomic E-state index is 0.00948. The van der Waals surface area contributed by atoms with Gasteiger partial charge in [-0.3, -0.25) is 9.69 Å². The van der Waals surface area contributed by atoms with Crippen molar-refractivity contribution in [1.29, 1.82) is 0 Å². The van der Waals surface area contributed by atoms with Crippen molar-refractivity contribution in [2.75, 3.05) is 32.8 Å². The highest BCUT2D eigenvalue weighted by Gasteiger charge is 2.23. The summed E-state index contributed by atoms with van der Waals surface area (Å²) >= 11 is 6.09. The zero-order valence-electron chi connectivity index (χ0n) is 16.3. The van der Waals surface area contributed by atoms with Crippen LogP contribution < -0.4 is 10.1 Å². The van der Waals surface area contributed by atoms with E-state index in [2.05, 4.69) is 24.1 Å². The van der Waals surface area contributed by atoms with Gasteiger partial charge in [0.25, 0.3) is 5.91 Å². The largest absolute Gasteiger partial charge is 0.490 e. The second kappa shape index (κ2) is 10.1. The molecule has 1 aliphatic rings. The van der Waals surface area contributed by atoms with Gasteiger partial charge >= 0.3 is 0 Å². The summed E-state index contributed by atoms with van der Waals surface area (Å²) in [7, 11) is 0. The van der Waals surface area contributed by atoms with E-state index in [1.54, 1.807) is 18.2 Å². The van der Waals surface area contributed by atoms with Crippen LogP contribution in [0.2, 0.25) is 5.02 Å². The van der Waals surface area contributed by atoms with E-state index in [0.717, 1.165) is 32.7 Å². The molecule has 1 fully saturated rings. The van der Waals surface area contributed by atoms with Crippen molar-refractivity contribution in [3.05, 3.63) is 28.8 Å². The van der Waals surface area contributed by atoms with Gasteiger partial charge in [0.1, 0.15) is 5.75 Å². The lowest BCUT2D eigenvalue weighted by Crippen LogP contribution is -2.49. The van der Waals surface area contributed by atoms with E-state index in [1.165, 1.54) is 0 Å². The first-order chi connectivity index (χ1) is 12.4. The van der Waals surface area contributed by atoms with E-state index in [9.17, 15) is 4.79 Å². The number of nitrogens with zero attached hydrogens (tertiary/aromatic N) is 1. The Balaban J connectivity index is 2.06. The Morgan fingerprint density at radius 3 is 2.58 bits per heavy atom. The zero-order valence-corrected chi connectivity index (χ0v) is 17.0. The number of halogens is 1. The summed E-state index contributed by atoms with van der Waals surface area (Å²) < 4.78 is 11.2. The van der Waals surface area contributed by atoms with Gasteiger partial charge < -0.3 is 14.8 Å². The average Bonchev–Trinajstić information content (AvgIpc) is 2.60. The summed E-state index contributed by atoms with van der Waals surface area (Å²) in [5, 5.41) is 3.61. The summed E-state index contributed by atoms with van der Waals surface area (Å²) in [6, 6.07) is 5.47. The van der Waals surface area contributed by atoms with Crippen LogP contribution in [0, 0.1) is 5.92 Å². The molecule has 0 aliphatic carbocycles. The summed E-state index contributed by atoms with van der Waals surface area (Å²) in [6.45, 7) is 12.2. The number of benzene rings is 1. The first-order valence-electron chi connectivity index (χ1n) is 9.43. The predicted molar refractivity (Wildman–Crippen MR) is 105 cm³/mol. The Bertz CT molecular complexity index is 586. The molecule has 5 nitrogen and oxygen atoms in total. The molecule has 0 saturated carbocycles. The minimum Gasteiger partial charge on any atom is -0.490 e. The Hall–Kier alpha value is -1.30. The Kier molecular flexibility index (Phi) is 8.19. The van der Waals surface area contributed by atoms with Gasteiger partial charge in [-0.15, -0.1) is 0 Å². The first kappa shape index (κ1) is 21.0. The maximum atomic E-state index is 12.8. The van der Waals surface area contributed by atoms with Crippen LogP contribution in [0.25, 0.3) is 0 Å². The van der Waals surface area contributed by atoms with Crippen LogP contribution in [0.1, 0.15) is 44.5 Å². The first-order valence-corrected chi connectivity index (χ1v) is 9.80. The third kappa shape index (κ3) is 6.45. The number of nitrogens with one attached hydrogen (secondary N) is 1. The smallest absolute Gasteiger partial charge is 0.255 e. The van der Waals surface area contributed by atoms with Crippen LogP contribution in [-0.4, -0.2) is 55.8 Å². The maximum absolute atomic E-state index is 12.8. The summed E-state index contributed by atoms with van der Waals surface area (Å²) in [4.78, 5) is 15.2. The topological polar surface area (TPSA) is 50.8 Å². The van der Waals surface area contributed by atoms with E-state index in [4.69, 9.17) is 21.1 Å². The van der Waals surface area contributed by atoms with Crippen LogP contribution in [-0.2, 0) is 4.74 Å². The predicted octanol–water partition coefficient (Wildman–Crippen LogP) is 3.60. The standard InChI is InChI=1S/C20H31ClN2O3/c1-14(2)11-17(23-7-9-25-10-8-23)13-22-20(24)18-12-16(21)5-6-19(18)26-15(3)4/h5-6,12,14-15,17H,7-11,13H2,1-4H3,(H,22,24). The molecule has 2 rings (SSSR count). The molecule has 1 N–H and O–H groups in total. The number of hydrogen-bond donors (Lipinski definition) is 1. The van der Waals surface area contributed by atoms with Crippen molar-refractivity contribution >= 4 is 17.5 Å². The lowest BCUT2D eigenvalue weighted by Gasteiger charge is -2.35. The van der Waals surface area contributed by atoms with E-state index in [1.807, 2.05) is 13.8 Å². The van der Waals surface area contributed by atoms with Crippen molar-refractivity contribution in [1.82, 2.24) is 10.2 Å². The van der Waals surface area contributed by atoms with E-state index >= 15 is 0 Å². The summed E-state index contributed by atoms with van der Waals surface area (Å²) in [5.41, 5.74) is 0.483. The van der Waals surface area contributed by atoms with Gasteiger partial charge in [-0.25, -0.2) is 0 Å². The summed E-state index contributed by atoms with van der Waals surface area (Å²) in [5.74, 6) is 0.976. The van der Waals surface area contributed by atoms with Crippen LogP contribution in [0.5, 0.6) is 5.75 Å². The number of morpholine rings is 1. The molecule has 1 atom stereocenters. The summed E-state index contributed by atoms with van der Waals surface area (Å²) in [6.07, 6.45) is 1.02. The van der Waals surface area contributed by atoms with Crippen molar-refractivity contribution in [3.63, 3.8) is 0 Å². The molecule has 1 aliphatic heterocycles. The van der Waals surface area contributed by atoms with Crippen LogP contribution >= 0.6 is 11.6 Å². The van der Waals surface area contributed by atoms with Gasteiger partial charge in [-0.05, 0) is 44.4 Å². The third-order valence-electron chi connectivity index (χ3n) is 4.35. The molecular formula is C20H31ClN2O3. The van der Waals surface area contributed by atoms with Crippen LogP contribution in [0.4, 0.5) is 0 Å². The maximum Gasteiger partial charge on any atom is 0.255 e. The molecule has 1 unspecified atom stereocenters. The number of amides is 1. The molecule has 6 heteroatoms. The van der Waals surface area contributed by atoms with E-state index < -0.39 is 0 Å². The van der Waals surface area contributed by atoms with E-state index in [-0.39, 0.29) is 12.0 Å². The molecular weight excluding hydrogens is 352 g/mol. The van der Waals surface area contributed by atoms with E-state index in [0.29, 0.717) is 34.8 Å². The average molecular weight is 383 g/mol. The van der Waals surface area contributed by atoms with Gasteiger partial charge in [0.05, 0.1) is 24.9 Å². The van der Waals surface area contributed by atoms with Gasteiger partial charge in [0, 0.05) is 30.7 Å². The molecule has 0 aromatic heterocycles. The molecule has 0 spiro atoms. The lowest BCUT2D eigenvalue weighted by molar-refractivity contribution is 0.0124. The molecule has 1 saturated heterocycles. The molecule has 1 aromatic carbocycles. The number of carbonyl (C=O) groups is 1. The number of carbonyl (C=O) groups excluding carboxylic acids is 1.